The predicted molar refractivity (Wildman–Crippen MR) is 89.9 cm³/mol. The topological polar surface area (TPSA) is 34.6 Å². The van der Waals surface area contributed by atoms with E-state index in [9.17, 15) is 0 Å². The fourth-order valence-electron chi connectivity index (χ4n) is 3.49. The number of aryl methyl sites for hydroxylation is 1. The lowest BCUT2D eigenvalue weighted by atomic mass is 10.0. The molecule has 1 saturated heterocycles. The minimum absolute atomic E-state index is 0.154. The van der Waals surface area contributed by atoms with Crippen LogP contribution in [0.2, 0.25) is 0 Å². The number of ether oxygens (including phenoxy) is 2. The van der Waals surface area contributed by atoms with Crippen molar-refractivity contribution in [2.75, 3.05) is 25.1 Å². The van der Waals surface area contributed by atoms with Gasteiger partial charge in [-0.15, -0.1) is 0 Å². The van der Waals surface area contributed by atoms with E-state index >= 15 is 0 Å². The number of anilines is 1. The van der Waals surface area contributed by atoms with Gasteiger partial charge >= 0.3 is 0 Å². The highest BCUT2D eigenvalue weighted by Gasteiger charge is 2.32. The molecular weight excluding hydrogens is 276 g/mol. The third kappa shape index (κ3) is 2.63. The Kier molecular flexibility index (Phi) is 3.73. The Balaban J connectivity index is 2.15. The molecule has 4 nitrogen and oxygen atoms in total. The predicted octanol–water partition coefficient (Wildman–Crippen LogP) is 3.56. The van der Waals surface area contributed by atoms with Crippen molar-refractivity contribution < 1.29 is 9.47 Å². The highest BCUT2D eigenvalue weighted by atomic mass is 16.5. The monoisotopic (exact) mass is 300 g/mol. The zero-order chi connectivity index (χ0) is 15.9. The summed E-state index contributed by atoms with van der Waals surface area (Å²) in [5.41, 5.74) is 3.19. The van der Waals surface area contributed by atoms with E-state index in [-0.39, 0.29) is 11.7 Å². The molecule has 0 aliphatic carbocycles. The fraction of sp³-hybridized carbons (Fsp3) is 0.500. The second-order valence-corrected chi connectivity index (χ2v) is 6.71. The van der Waals surface area contributed by atoms with Crippen LogP contribution in [0.3, 0.4) is 0 Å². The van der Waals surface area contributed by atoms with Gasteiger partial charge in [-0.25, -0.2) is 0 Å². The van der Waals surface area contributed by atoms with Gasteiger partial charge in [-0.1, -0.05) is 12.1 Å². The van der Waals surface area contributed by atoms with Gasteiger partial charge in [0.25, 0.3) is 0 Å². The van der Waals surface area contributed by atoms with Crippen molar-refractivity contribution in [1.82, 2.24) is 4.98 Å². The third-order valence-electron chi connectivity index (χ3n) is 4.12. The average molecular weight is 300 g/mol. The number of hydrogen-bond donors (Lipinski definition) is 0. The zero-order valence-electron chi connectivity index (χ0n) is 14.0. The SMILES string of the molecule is COc1cccc2c(N3CC(C)OC(C)(C)C3)c(C)cnc12. The van der Waals surface area contributed by atoms with Crippen LogP contribution in [0.1, 0.15) is 26.3 Å². The molecule has 1 aromatic heterocycles. The molecule has 22 heavy (non-hydrogen) atoms. The second kappa shape index (κ2) is 5.43. The third-order valence-corrected chi connectivity index (χ3v) is 4.12. The molecule has 1 unspecified atom stereocenters. The average Bonchev–Trinajstić information content (AvgIpc) is 2.44. The van der Waals surface area contributed by atoms with Gasteiger partial charge in [-0.05, 0) is 39.3 Å². The lowest BCUT2D eigenvalue weighted by Gasteiger charge is -2.43. The van der Waals surface area contributed by atoms with Gasteiger partial charge in [0, 0.05) is 24.7 Å². The van der Waals surface area contributed by atoms with Crippen molar-refractivity contribution in [2.24, 2.45) is 0 Å². The number of fused-ring (bicyclic) bond motifs is 1. The molecular formula is C18H24N2O2. The number of methoxy groups -OCH3 is 1. The van der Waals surface area contributed by atoms with Crippen molar-refractivity contribution in [2.45, 2.75) is 39.4 Å². The molecule has 1 atom stereocenters. The van der Waals surface area contributed by atoms with E-state index in [1.807, 2.05) is 18.3 Å². The molecule has 1 aliphatic heterocycles. The Morgan fingerprint density at radius 1 is 1.36 bits per heavy atom. The molecule has 118 valence electrons. The Hall–Kier alpha value is -1.81. The lowest BCUT2D eigenvalue weighted by Crippen LogP contribution is -2.52. The molecule has 1 fully saturated rings. The van der Waals surface area contributed by atoms with Crippen LogP contribution in [0.15, 0.2) is 24.4 Å². The number of aromatic nitrogens is 1. The molecule has 1 aromatic carbocycles. The van der Waals surface area contributed by atoms with Crippen LogP contribution in [0.5, 0.6) is 5.75 Å². The zero-order valence-corrected chi connectivity index (χ0v) is 14.0. The molecule has 2 heterocycles. The molecule has 1 aliphatic rings. The first-order valence-electron chi connectivity index (χ1n) is 7.76. The van der Waals surface area contributed by atoms with Crippen molar-refractivity contribution in [3.05, 3.63) is 30.0 Å². The highest BCUT2D eigenvalue weighted by molar-refractivity contribution is 5.96. The summed E-state index contributed by atoms with van der Waals surface area (Å²) in [5, 5.41) is 1.14. The van der Waals surface area contributed by atoms with Crippen LogP contribution in [0.25, 0.3) is 10.9 Å². The lowest BCUT2D eigenvalue weighted by molar-refractivity contribution is -0.0749. The van der Waals surface area contributed by atoms with E-state index in [2.05, 4.69) is 43.6 Å². The van der Waals surface area contributed by atoms with Crippen molar-refractivity contribution >= 4 is 16.6 Å². The largest absolute Gasteiger partial charge is 0.494 e. The summed E-state index contributed by atoms with van der Waals surface area (Å²) in [6, 6.07) is 6.11. The molecule has 0 radical (unpaired) electrons. The maximum Gasteiger partial charge on any atom is 0.145 e. The molecule has 0 spiro atoms. The maximum atomic E-state index is 6.04. The summed E-state index contributed by atoms with van der Waals surface area (Å²) >= 11 is 0. The number of para-hydroxylation sites is 1. The van der Waals surface area contributed by atoms with E-state index in [0.717, 1.165) is 29.7 Å². The molecule has 3 rings (SSSR count). The number of nitrogens with zero attached hydrogens (tertiary/aromatic N) is 2. The van der Waals surface area contributed by atoms with Gasteiger partial charge in [-0.3, -0.25) is 4.98 Å². The van der Waals surface area contributed by atoms with Crippen molar-refractivity contribution in [3.63, 3.8) is 0 Å². The van der Waals surface area contributed by atoms with Gasteiger partial charge in [0.2, 0.25) is 0 Å². The van der Waals surface area contributed by atoms with Gasteiger partial charge in [0.15, 0.2) is 0 Å². The van der Waals surface area contributed by atoms with Crippen LogP contribution in [0, 0.1) is 6.92 Å². The first kappa shape index (κ1) is 15.1. The second-order valence-electron chi connectivity index (χ2n) is 6.71. The summed E-state index contributed by atoms with van der Waals surface area (Å²) in [7, 11) is 1.69. The molecule has 0 amide bonds. The Morgan fingerprint density at radius 2 is 2.14 bits per heavy atom. The van der Waals surface area contributed by atoms with Gasteiger partial charge in [-0.2, -0.15) is 0 Å². The Bertz CT molecular complexity index is 697. The first-order valence-corrected chi connectivity index (χ1v) is 7.76. The van der Waals surface area contributed by atoms with Gasteiger partial charge in [0.1, 0.15) is 11.3 Å². The number of benzene rings is 1. The van der Waals surface area contributed by atoms with E-state index in [0.29, 0.717) is 0 Å². The molecule has 4 heteroatoms. The standard InChI is InChI=1S/C18H24N2O2/c1-12-9-19-16-14(7-6-8-15(16)21-5)17(12)20-10-13(2)22-18(3,4)11-20/h6-9,13H,10-11H2,1-5H3. The van der Waals surface area contributed by atoms with Crippen LogP contribution < -0.4 is 9.64 Å². The highest BCUT2D eigenvalue weighted by Crippen LogP contribution is 2.36. The number of rotatable bonds is 2. The van der Waals surface area contributed by atoms with E-state index < -0.39 is 0 Å². The van der Waals surface area contributed by atoms with Crippen LogP contribution in [-0.2, 0) is 4.74 Å². The van der Waals surface area contributed by atoms with Crippen molar-refractivity contribution in [3.8, 4) is 5.75 Å². The quantitative estimate of drug-likeness (QED) is 0.849. The summed E-state index contributed by atoms with van der Waals surface area (Å²) < 4.78 is 11.5. The van der Waals surface area contributed by atoms with Gasteiger partial charge in [0.05, 0.1) is 24.5 Å². The van der Waals surface area contributed by atoms with E-state index in [1.54, 1.807) is 7.11 Å². The summed E-state index contributed by atoms with van der Waals surface area (Å²) in [5.74, 6) is 0.819. The van der Waals surface area contributed by atoms with Crippen molar-refractivity contribution in [1.29, 1.82) is 0 Å². The summed E-state index contributed by atoms with van der Waals surface area (Å²) in [4.78, 5) is 7.00. The smallest absolute Gasteiger partial charge is 0.145 e. The number of hydrogen-bond acceptors (Lipinski definition) is 4. The summed E-state index contributed by atoms with van der Waals surface area (Å²) in [6.07, 6.45) is 2.14. The minimum Gasteiger partial charge on any atom is -0.494 e. The molecule has 0 N–H and O–H groups in total. The normalized spacial score (nSPS) is 21.1. The molecule has 2 aromatic rings. The molecule has 0 saturated carbocycles. The minimum atomic E-state index is -0.154. The fourth-order valence-corrected chi connectivity index (χ4v) is 3.49. The van der Waals surface area contributed by atoms with E-state index in [1.165, 1.54) is 11.3 Å². The van der Waals surface area contributed by atoms with Crippen LogP contribution in [-0.4, -0.2) is 36.9 Å². The van der Waals surface area contributed by atoms with Gasteiger partial charge < -0.3 is 14.4 Å². The van der Waals surface area contributed by atoms with Crippen LogP contribution >= 0.6 is 0 Å². The summed E-state index contributed by atoms with van der Waals surface area (Å²) in [6.45, 7) is 10.3. The molecule has 0 bridgehead atoms. The number of pyridine rings is 1. The number of morpholine rings is 1. The van der Waals surface area contributed by atoms with E-state index in [4.69, 9.17) is 9.47 Å². The first-order chi connectivity index (χ1) is 10.4. The maximum absolute atomic E-state index is 6.04. The Morgan fingerprint density at radius 3 is 2.82 bits per heavy atom. The Labute approximate surface area is 132 Å². The van der Waals surface area contributed by atoms with Crippen LogP contribution in [0.4, 0.5) is 5.69 Å².